The third kappa shape index (κ3) is 7.22. The highest BCUT2D eigenvalue weighted by Gasteiger charge is 2.23. The van der Waals surface area contributed by atoms with Gasteiger partial charge < -0.3 is 0 Å². The quantitative estimate of drug-likeness (QED) is 0.642. The third-order valence-corrected chi connectivity index (χ3v) is 7.32. The van der Waals surface area contributed by atoms with Crippen LogP contribution in [0.25, 0.3) is 0 Å². The van der Waals surface area contributed by atoms with E-state index in [-0.39, 0.29) is 15.9 Å². The zero-order chi connectivity index (χ0) is 21.5. The fraction of sp³-hybridized carbons (Fsp3) is 0.429. The van der Waals surface area contributed by atoms with Gasteiger partial charge in [0, 0.05) is 0 Å². The summed E-state index contributed by atoms with van der Waals surface area (Å²) >= 11 is 0. The number of aryl methyl sites for hydroxylation is 2. The van der Waals surface area contributed by atoms with Crippen LogP contribution in [0, 0.1) is 13.8 Å². The Labute approximate surface area is 174 Å². The van der Waals surface area contributed by atoms with E-state index in [9.17, 15) is 16.8 Å². The van der Waals surface area contributed by atoms with Crippen molar-refractivity contribution in [1.29, 1.82) is 0 Å². The SMILES string of the molecule is COS(=O)(=O)c1ccc(C)cc1.Cc1ccc(S(=O)(=O)OC2CCCCC2)cc1. The van der Waals surface area contributed by atoms with Gasteiger partial charge in [-0.05, 0) is 51.0 Å². The van der Waals surface area contributed by atoms with Crippen molar-refractivity contribution in [3.63, 3.8) is 0 Å². The lowest BCUT2D eigenvalue weighted by atomic mass is 9.98. The summed E-state index contributed by atoms with van der Waals surface area (Å²) < 4.78 is 55.8. The number of hydrogen-bond donors (Lipinski definition) is 0. The van der Waals surface area contributed by atoms with Crippen LogP contribution >= 0.6 is 0 Å². The highest BCUT2D eigenvalue weighted by molar-refractivity contribution is 7.87. The Kier molecular flexibility index (Phi) is 8.39. The molecule has 0 unspecified atom stereocenters. The van der Waals surface area contributed by atoms with E-state index in [0.29, 0.717) is 0 Å². The van der Waals surface area contributed by atoms with Crippen molar-refractivity contribution in [3.05, 3.63) is 59.7 Å². The fourth-order valence-corrected chi connectivity index (χ4v) is 4.70. The van der Waals surface area contributed by atoms with Gasteiger partial charge in [0.25, 0.3) is 20.2 Å². The molecule has 0 N–H and O–H groups in total. The molecule has 29 heavy (non-hydrogen) atoms. The summed E-state index contributed by atoms with van der Waals surface area (Å²) in [6, 6.07) is 13.3. The lowest BCUT2D eigenvalue weighted by Crippen LogP contribution is -2.21. The molecule has 0 radical (unpaired) electrons. The molecule has 2 aromatic carbocycles. The molecule has 0 spiro atoms. The predicted molar refractivity (Wildman–Crippen MR) is 112 cm³/mol. The van der Waals surface area contributed by atoms with Gasteiger partial charge in [-0.25, -0.2) is 0 Å². The molecule has 8 heteroatoms. The number of rotatable bonds is 5. The summed E-state index contributed by atoms with van der Waals surface area (Å²) in [4.78, 5) is 0.448. The van der Waals surface area contributed by atoms with Crippen molar-refractivity contribution in [2.75, 3.05) is 7.11 Å². The van der Waals surface area contributed by atoms with Crippen LogP contribution in [0.15, 0.2) is 58.3 Å². The Balaban J connectivity index is 0.000000221. The molecule has 0 aliphatic heterocycles. The second-order valence-corrected chi connectivity index (χ2v) is 10.3. The molecule has 160 valence electrons. The minimum Gasteiger partial charge on any atom is -0.270 e. The topological polar surface area (TPSA) is 86.7 Å². The first-order valence-electron chi connectivity index (χ1n) is 9.51. The van der Waals surface area contributed by atoms with E-state index in [1.807, 2.05) is 13.8 Å². The van der Waals surface area contributed by atoms with Gasteiger partial charge in [-0.15, -0.1) is 0 Å². The standard InChI is InChI=1S/C13H18O3S.C8H10O3S/c1-11-7-9-13(10-8-11)17(14,15)16-12-5-3-2-4-6-12;1-7-3-5-8(6-4-7)12(9,10)11-2/h7-10,12H,2-6H2,1H3;3-6H,1-2H3. The molecule has 3 rings (SSSR count). The van der Waals surface area contributed by atoms with Crippen LogP contribution in [0.1, 0.15) is 43.2 Å². The van der Waals surface area contributed by atoms with Gasteiger partial charge in [0.05, 0.1) is 23.0 Å². The summed E-state index contributed by atoms with van der Waals surface area (Å²) in [5.74, 6) is 0. The van der Waals surface area contributed by atoms with Crippen LogP contribution in [0.3, 0.4) is 0 Å². The number of hydrogen-bond acceptors (Lipinski definition) is 6. The molecule has 1 aliphatic carbocycles. The highest BCUT2D eigenvalue weighted by atomic mass is 32.2. The van der Waals surface area contributed by atoms with Crippen LogP contribution in [0.4, 0.5) is 0 Å². The minimum atomic E-state index is -3.58. The first kappa shape index (κ1) is 23.5. The van der Waals surface area contributed by atoms with Crippen LogP contribution < -0.4 is 0 Å². The second-order valence-electron chi connectivity index (χ2n) is 7.06. The Bertz CT molecular complexity index is 972. The Morgan fingerprint density at radius 2 is 1.10 bits per heavy atom. The van der Waals surface area contributed by atoms with Gasteiger partial charge in [-0.2, -0.15) is 16.8 Å². The van der Waals surface area contributed by atoms with E-state index in [1.165, 1.54) is 18.6 Å². The van der Waals surface area contributed by atoms with Gasteiger partial charge in [-0.1, -0.05) is 54.7 Å². The van der Waals surface area contributed by atoms with Gasteiger partial charge in [0.15, 0.2) is 0 Å². The van der Waals surface area contributed by atoms with Crippen molar-refractivity contribution in [1.82, 2.24) is 0 Å². The molecular formula is C21H28O6S2. The molecule has 0 atom stereocenters. The normalized spacial score (nSPS) is 15.4. The summed E-state index contributed by atoms with van der Waals surface area (Å²) in [6.07, 6.45) is 4.89. The third-order valence-electron chi connectivity index (χ3n) is 4.65. The van der Waals surface area contributed by atoms with E-state index in [2.05, 4.69) is 4.18 Å². The van der Waals surface area contributed by atoms with E-state index in [0.717, 1.165) is 43.9 Å². The second kappa shape index (κ2) is 10.3. The molecule has 0 bridgehead atoms. The van der Waals surface area contributed by atoms with Gasteiger partial charge in [0.1, 0.15) is 0 Å². The largest absolute Gasteiger partial charge is 0.297 e. The molecule has 1 saturated carbocycles. The van der Waals surface area contributed by atoms with Crippen LogP contribution in [0.5, 0.6) is 0 Å². The molecule has 0 aromatic heterocycles. The first-order chi connectivity index (χ1) is 13.6. The molecule has 1 aliphatic rings. The molecule has 0 saturated heterocycles. The van der Waals surface area contributed by atoms with Crippen LogP contribution in [-0.2, 0) is 28.6 Å². The van der Waals surface area contributed by atoms with Crippen molar-refractivity contribution < 1.29 is 25.2 Å². The van der Waals surface area contributed by atoms with E-state index < -0.39 is 20.2 Å². The first-order valence-corrected chi connectivity index (χ1v) is 12.3. The van der Waals surface area contributed by atoms with Crippen molar-refractivity contribution >= 4 is 20.2 Å². The molecule has 0 heterocycles. The lowest BCUT2D eigenvalue weighted by Gasteiger charge is -2.21. The fourth-order valence-electron chi connectivity index (χ4n) is 2.90. The molecule has 0 amide bonds. The maximum Gasteiger partial charge on any atom is 0.297 e. The Morgan fingerprint density at radius 3 is 1.52 bits per heavy atom. The average molecular weight is 441 g/mol. The highest BCUT2D eigenvalue weighted by Crippen LogP contribution is 2.24. The zero-order valence-electron chi connectivity index (χ0n) is 17.0. The molecule has 6 nitrogen and oxygen atoms in total. The summed E-state index contributed by atoms with van der Waals surface area (Å²) in [5.41, 5.74) is 2.06. The maximum atomic E-state index is 12.0. The van der Waals surface area contributed by atoms with Crippen molar-refractivity contribution in [3.8, 4) is 0 Å². The Hall–Kier alpha value is -1.74. The average Bonchev–Trinajstić information content (AvgIpc) is 2.69. The number of benzene rings is 2. The van der Waals surface area contributed by atoms with Gasteiger partial charge in [-0.3, -0.25) is 8.37 Å². The van der Waals surface area contributed by atoms with E-state index in [1.54, 1.807) is 36.4 Å². The van der Waals surface area contributed by atoms with Gasteiger partial charge in [0.2, 0.25) is 0 Å². The summed E-state index contributed by atoms with van der Waals surface area (Å²) in [6.45, 7) is 3.82. The van der Waals surface area contributed by atoms with Crippen LogP contribution in [0.2, 0.25) is 0 Å². The lowest BCUT2D eigenvalue weighted by molar-refractivity contribution is 0.162. The molecule has 2 aromatic rings. The molecular weight excluding hydrogens is 412 g/mol. The minimum absolute atomic E-state index is 0.130. The van der Waals surface area contributed by atoms with Gasteiger partial charge >= 0.3 is 0 Å². The summed E-state index contributed by atoms with van der Waals surface area (Å²) in [5, 5.41) is 0. The van der Waals surface area contributed by atoms with E-state index in [4.69, 9.17) is 4.18 Å². The van der Waals surface area contributed by atoms with Crippen molar-refractivity contribution in [2.24, 2.45) is 0 Å². The maximum absolute atomic E-state index is 12.0. The zero-order valence-corrected chi connectivity index (χ0v) is 18.6. The Morgan fingerprint density at radius 1 is 0.690 bits per heavy atom. The smallest absolute Gasteiger partial charge is 0.270 e. The van der Waals surface area contributed by atoms with Crippen LogP contribution in [-0.4, -0.2) is 30.0 Å². The monoisotopic (exact) mass is 440 g/mol. The summed E-state index contributed by atoms with van der Waals surface area (Å²) in [7, 11) is -5.94. The predicted octanol–water partition coefficient (Wildman–Crippen LogP) is 4.36. The van der Waals surface area contributed by atoms with E-state index >= 15 is 0 Å². The van der Waals surface area contributed by atoms with Crippen molar-refractivity contribution in [2.45, 2.75) is 61.8 Å². The molecule has 1 fully saturated rings.